The third-order valence-corrected chi connectivity index (χ3v) is 3.56. The van der Waals surface area contributed by atoms with Crippen molar-refractivity contribution in [1.29, 1.82) is 0 Å². The van der Waals surface area contributed by atoms with E-state index in [0.717, 1.165) is 18.7 Å². The molecule has 1 aromatic heterocycles. The second kappa shape index (κ2) is 7.37. The lowest BCUT2D eigenvalue weighted by molar-refractivity contribution is 0.610. The van der Waals surface area contributed by atoms with Gasteiger partial charge < -0.3 is 10.6 Å². The van der Waals surface area contributed by atoms with Crippen molar-refractivity contribution in [1.82, 2.24) is 4.98 Å². The highest BCUT2D eigenvalue weighted by molar-refractivity contribution is 5.39. The second-order valence-corrected chi connectivity index (χ2v) is 5.15. The summed E-state index contributed by atoms with van der Waals surface area (Å²) in [5.74, 6) is 1.05. The van der Waals surface area contributed by atoms with E-state index in [2.05, 4.69) is 49.8 Å². The van der Waals surface area contributed by atoms with Gasteiger partial charge in [0, 0.05) is 25.3 Å². The highest BCUT2D eigenvalue weighted by Crippen LogP contribution is 2.15. The Morgan fingerprint density at radius 3 is 2.56 bits per heavy atom. The fourth-order valence-electron chi connectivity index (χ4n) is 2.03. The highest BCUT2D eigenvalue weighted by Gasteiger charge is 2.10. The van der Waals surface area contributed by atoms with Crippen molar-refractivity contribution in [3.63, 3.8) is 0 Å². The van der Waals surface area contributed by atoms with E-state index in [1.807, 2.05) is 6.20 Å². The monoisotopic (exact) mass is 249 g/mol. The molecule has 102 valence electrons. The zero-order valence-corrected chi connectivity index (χ0v) is 12.2. The van der Waals surface area contributed by atoms with Gasteiger partial charge in [-0.05, 0) is 37.8 Å². The smallest absolute Gasteiger partial charge is 0.128 e. The molecule has 2 atom stereocenters. The van der Waals surface area contributed by atoms with Crippen LogP contribution in [0.15, 0.2) is 18.3 Å². The first-order valence-electron chi connectivity index (χ1n) is 7.01. The minimum atomic E-state index is 0.245. The minimum Gasteiger partial charge on any atom is -0.357 e. The molecule has 0 amide bonds. The van der Waals surface area contributed by atoms with Crippen LogP contribution >= 0.6 is 0 Å². The molecule has 1 rings (SSSR count). The van der Waals surface area contributed by atoms with Crippen LogP contribution in [0.5, 0.6) is 0 Å². The Hall–Kier alpha value is -1.09. The summed E-state index contributed by atoms with van der Waals surface area (Å²) in [7, 11) is 2.11. The number of anilines is 1. The van der Waals surface area contributed by atoms with Gasteiger partial charge >= 0.3 is 0 Å². The molecule has 0 saturated carbocycles. The lowest BCUT2D eigenvalue weighted by atomic mass is 10.1. The molecule has 0 radical (unpaired) electrons. The van der Waals surface area contributed by atoms with Crippen LogP contribution in [0.3, 0.4) is 0 Å². The van der Waals surface area contributed by atoms with Gasteiger partial charge in [0.05, 0.1) is 0 Å². The molecule has 0 aliphatic heterocycles. The van der Waals surface area contributed by atoms with Crippen molar-refractivity contribution in [2.45, 2.75) is 58.5 Å². The average molecular weight is 249 g/mol. The van der Waals surface area contributed by atoms with Gasteiger partial charge in [-0.2, -0.15) is 0 Å². The maximum Gasteiger partial charge on any atom is 0.128 e. The Bertz CT molecular complexity index is 334. The molecule has 0 aromatic carbocycles. The molecule has 0 bridgehead atoms. The first kappa shape index (κ1) is 15.0. The van der Waals surface area contributed by atoms with Gasteiger partial charge in [0.2, 0.25) is 0 Å². The summed E-state index contributed by atoms with van der Waals surface area (Å²) in [6.07, 6.45) is 6.28. The molecule has 3 nitrogen and oxygen atoms in total. The molecule has 0 fully saturated rings. The molecule has 0 saturated heterocycles. The molecule has 0 spiro atoms. The summed E-state index contributed by atoms with van der Waals surface area (Å²) in [6, 6.07) is 5.03. The zero-order valence-electron chi connectivity index (χ0n) is 12.2. The largest absolute Gasteiger partial charge is 0.357 e. The predicted octanol–water partition coefficient (Wildman–Crippen LogP) is 2.99. The number of rotatable bonds is 7. The Labute approximate surface area is 111 Å². The molecule has 2 unspecified atom stereocenters. The number of pyridine rings is 1. The average Bonchev–Trinajstić information content (AvgIpc) is 2.39. The van der Waals surface area contributed by atoms with Crippen molar-refractivity contribution in [3.05, 3.63) is 23.9 Å². The van der Waals surface area contributed by atoms with Crippen molar-refractivity contribution >= 4 is 5.82 Å². The second-order valence-electron chi connectivity index (χ2n) is 5.15. The third-order valence-electron chi connectivity index (χ3n) is 3.56. The summed E-state index contributed by atoms with van der Waals surface area (Å²) in [6.45, 7) is 6.58. The number of nitrogens with two attached hydrogens (primary N) is 1. The maximum atomic E-state index is 5.95. The fourth-order valence-corrected chi connectivity index (χ4v) is 2.03. The Kier molecular flexibility index (Phi) is 6.13. The van der Waals surface area contributed by atoms with Crippen LogP contribution in [0.1, 0.15) is 45.6 Å². The van der Waals surface area contributed by atoms with Crippen molar-refractivity contribution in [3.8, 4) is 0 Å². The minimum absolute atomic E-state index is 0.245. The van der Waals surface area contributed by atoms with Gasteiger partial charge in [0.25, 0.3) is 0 Å². The van der Waals surface area contributed by atoms with Gasteiger partial charge in [0.1, 0.15) is 5.82 Å². The fraction of sp³-hybridized carbons (Fsp3) is 0.667. The van der Waals surface area contributed by atoms with Gasteiger partial charge in [-0.15, -0.1) is 0 Å². The molecule has 18 heavy (non-hydrogen) atoms. The van der Waals surface area contributed by atoms with Crippen LogP contribution in [0.2, 0.25) is 0 Å². The van der Waals surface area contributed by atoms with Crippen LogP contribution in [0.4, 0.5) is 5.82 Å². The third kappa shape index (κ3) is 4.30. The van der Waals surface area contributed by atoms with Gasteiger partial charge in [-0.25, -0.2) is 4.98 Å². The molecule has 3 heteroatoms. The number of nitrogens with zero attached hydrogens (tertiary/aromatic N) is 2. The number of hydrogen-bond acceptors (Lipinski definition) is 3. The summed E-state index contributed by atoms with van der Waals surface area (Å²) < 4.78 is 0. The molecule has 0 aliphatic rings. The normalized spacial score (nSPS) is 14.3. The van der Waals surface area contributed by atoms with Crippen LogP contribution in [0.25, 0.3) is 0 Å². The summed E-state index contributed by atoms with van der Waals surface area (Å²) >= 11 is 0. The van der Waals surface area contributed by atoms with Crippen molar-refractivity contribution < 1.29 is 0 Å². The van der Waals surface area contributed by atoms with E-state index in [1.54, 1.807) is 0 Å². The van der Waals surface area contributed by atoms with E-state index in [-0.39, 0.29) is 6.04 Å². The molecular weight excluding hydrogens is 222 g/mol. The highest BCUT2D eigenvalue weighted by atomic mass is 15.2. The lowest BCUT2D eigenvalue weighted by Crippen LogP contribution is -2.29. The van der Waals surface area contributed by atoms with Crippen LogP contribution in [-0.4, -0.2) is 24.1 Å². The molecule has 2 N–H and O–H groups in total. The number of hydrogen-bond donors (Lipinski definition) is 1. The van der Waals surface area contributed by atoms with Gasteiger partial charge in [-0.1, -0.05) is 26.3 Å². The summed E-state index contributed by atoms with van der Waals surface area (Å²) in [5, 5.41) is 0. The molecular formula is C15H27N3. The van der Waals surface area contributed by atoms with E-state index in [1.165, 1.54) is 18.4 Å². The SMILES string of the molecule is CCCC(C)N(C)c1ccc(CC(N)CC)cn1. The summed E-state index contributed by atoms with van der Waals surface area (Å²) in [4.78, 5) is 6.78. The maximum absolute atomic E-state index is 5.95. The zero-order chi connectivity index (χ0) is 13.5. The van der Waals surface area contributed by atoms with E-state index in [9.17, 15) is 0 Å². The standard InChI is InChI=1S/C15H27N3/c1-5-7-12(3)18(4)15-9-8-13(11-17-15)10-14(16)6-2/h8-9,11-12,14H,5-7,10,16H2,1-4H3. The molecule has 1 aromatic rings. The summed E-state index contributed by atoms with van der Waals surface area (Å²) in [5.41, 5.74) is 7.18. The lowest BCUT2D eigenvalue weighted by Gasteiger charge is -2.25. The Morgan fingerprint density at radius 2 is 2.06 bits per heavy atom. The van der Waals surface area contributed by atoms with Gasteiger partial charge in [0.15, 0.2) is 0 Å². The predicted molar refractivity (Wildman–Crippen MR) is 79.0 cm³/mol. The van der Waals surface area contributed by atoms with Crippen LogP contribution in [0, 0.1) is 0 Å². The number of aromatic nitrogens is 1. The molecule has 1 heterocycles. The van der Waals surface area contributed by atoms with Crippen LogP contribution < -0.4 is 10.6 Å². The Balaban J connectivity index is 2.64. The van der Waals surface area contributed by atoms with Crippen molar-refractivity contribution in [2.24, 2.45) is 5.73 Å². The first-order valence-corrected chi connectivity index (χ1v) is 7.01. The van der Waals surface area contributed by atoms with Gasteiger partial charge in [-0.3, -0.25) is 0 Å². The first-order chi connectivity index (χ1) is 8.58. The van der Waals surface area contributed by atoms with E-state index >= 15 is 0 Å². The van der Waals surface area contributed by atoms with Crippen LogP contribution in [-0.2, 0) is 6.42 Å². The quantitative estimate of drug-likeness (QED) is 0.807. The van der Waals surface area contributed by atoms with E-state index in [0.29, 0.717) is 6.04 Å². The van der Waals surface area contributed by atoms with E-state index < -0.39 is 0 Å². The Morgan fingerprint density at radius 1 is 1.33 bits per heavy atom. The topological polar surface area (TPSA) is 42.1 Å². The molecule has 0 aliphatic carbocycles. The van der Waals surface area contributed by atoms with E-state index in [4.69, 9.17) is 5.73 Å². The van der Waals surface area contributed by atoms with Crippen molar-refractivity contribution in [2.75, 3.05) is 11.9 Å².